The first kappa shape index (κ1) is 36.5. The Kier molecular flexibility index (Phi) is 15.2. The highest BCUT2D eigenvalue weighted by molar-refractivity contribution is 5.98. The Hall–Kier alpha value is -4.74. The molecule has 5 N–H and O–H groups in total. The van der Waals surface area contributed by atoms with Crippen LogP contribution in [0.4, 0.5) is 4.79 Å². The predicted molar refractivity (Wildman–Crippen MR) is 166 cm³/mol. The molecule has 4 atom stereocenters. The lowest BCUT2D eigenvalue weighted by atomic mass is 9.97. The number of ketones is 1. The van der Waals surface area contributed by atoms with Crippen LogP contribution in [0.5, 0.6) is 0 Å². The van der Waals surface area contributed by atoms with Gasteiger partial charge in [-0.1, -0.05) is 94.8 Å². The van der Waals surface area contributed by atoms with Crippen LogP contribution in [0.2, 0.25) is 0 Å². The molecule has 0 aliphatic rings. The van der Waals surface area contributed by atoms with E-state index in [0.29, 0.717) is 12.0 Å². The van der Waals surface area contributed by atoms with Crippen LogP contribution in [-0.4, -0.2) is 60.3 Å². The van der Waals surface area contributed by atoms with Crippen molar-refractivity contribution in [2.75, 3.05) is 6.61 Å². The fourth-order valence-corrected chi connectivity index (χ4v) is 4.31. The van der Waals surface area contributed by atoms with Crippen LogP contribution in [0.25, 0.3) is 0 Å². The zero-order chi connectivity index (χ0) is 33.4. The van der Waals surface area contributed by atoms with Gasteiger partial charge in [-0.05, 0) is 30.2 Å². The second kappa shape index (κ2) is 18.8. The minimum absolute atomic E-state index is 0.00452. The van der Waals surface area contributed by atoms with Gasteiger partial charge in [0.2, 0.25) is 17.7 Å². The van der Waals surface area contributed by atoms with Gasteiger partial charge in [-0.25, -0.2) is 9.59 Å². The summed E-state index contributed by atoms with van der Waals surface area (Å²) in [4.78, 5) is 76.4. The van der Waals surface area contributed by atoms with E-state index < -0.39 is 60.3 Å². The monoisotopic (exact) mass is 624 g/mol. The van der Waals surface area contributed by atoms with Gasteiger partial charge in [-0.15, -0.1) is 0 Å². The molecule has 244 valence electrons. The molecule has 0 fully saturated rings. The summed E-state index contributed by atoms with van der Waals surface area (Å²) in [6.07, 6.45) is -0.509. The Morgan fingerprint density at radius 2 is 1.38 bits per heavy atom. The molecule has 0 aliphatic carbocycles. The Labute approximate surface area is 263 Å². The summed E-state index contributed by atoms with van der Waals surface area (Å²) >= 11 is 0. The molecule has 0 saturated carbocycles. The third-order valence-electron chi connectivity index (χ3n) is 7.04. The molecular weight excluding hydrogens is 580 g/mol. The topological polar surface area (TPSA) is 183 Å². The first-order chi connectivity index (χ1) is 21.4. The van der Waals surface area contributed by atoms with E-state index in [1.54, 1.807) is 61.5 Å². The first-order valence-corrected chi connectivity index (χ1v) is 15.0. The number of hydrogen-bond acceptors (Lipinski definition) is 8. The summed E-state index contributed by atoms with van der Waals surface area (Å²) in [6.45, 7) is 6.75. The number of hydrogen-bond donors (Lipinski definition) is 4. The molecule has 0 radical (unpaired) electrons. The van der Waals surface area contributed by atoms with Gasteiger partial charge >= 0.3 is 12.1 Å². The van der Waals surface area contributed by atoms with E-state index in [2.05, 4.69) is 16.0 Å². The molecule has 2 rings (SSSR count). The van der Waals surface area contributed by atoms with E-state index in [0.717, 1.165) is 5.56 Å². The van der Waals surface area contributed by atoms with Gasteiger partial charge in [0.05, 0.1) is 0 Å². The van der Waals surface area contributed by atoms with Crippen LogP contribution in [0, 0.1) is 11.8 Å². The molecule has 0 aromatic heterocycles. The van der Waals surface area contributed by atoms with E-state index in [4.69, 9.17) is 15.2 Å². The number of primary amides is 1. The minimum atomic E-state index is -1.27. The van der Waals surface area contributed by atoms with Crippen molar-refractivity contribution in [2.45, 2.75) is 78.1 Å². The third-order valence-corrected chi connectivity index (χ3v) is 7.04. The van der Waals surface area contributed by atoms with Crippen molar-refractivity contribution in [1.82, 2.24) is 16.0 Å². The fourth-order valence-electron chi connectivity index (χ4n) is 4.31. The van der Waals surface area contributed by atoms with Crippen LogP contribution >= 0.6 is 0 Å². The van der Waals surface area contributed by atoms with Crippen molar-refractivity contribution >= 4 is 35.6 Å². The van der Waals surface area contributed by atoms with Gasteiger partial charge < -0.3 is 31.2 Å². The van der Waals surface area contributed by atoms with Crippen molar-refractivity contribution < 1.29 is 38.2 Å². The second-order valence-corrected chi connectivity index (χ2v) is 11.2. The lowest BCUT2D eigenvalue weighted by molar-refractivity contribution is -0.147. The summed E-state index contributed by atoms with van der Waals surface area (Å²) in [5, 5.41) is 7.77. The van der Waals surface area contributed by atoms with Crippen molar-refractivity contribution in [2.24, 2.45) is 17.6 Å². The maximum atomic E-state index is 13.4. The molecular formula is C33H44N4O8. The van der Waals surface area contributed by atoms with Crippen molar-refractivity contribution in [1.29, 1.82) is 0 Å². The average molecular weight is 625 g/mol. The lowest BCUT2D eigenvalue weighted by Gasteiger charge is -2.27. The maximum Gasteiger partial charge on any atom is 0.408 e. The zero-order valence-electron chi connectivity index (χ0n) is 26.2. The van der Waals surface area contributed by atoms with Gasteiger partial charge in [0, 0.05) is 12.0 Å². The first-order valence-electron chi connectivity index (χ1n) is 15.0. The Morgan fingerprint density at radius 3 is 1.96 bits per heavy atom. The highest BCUT2D eigenvalue weighted by Gasteiger charge is 2.33. The number of benzene rings is 2. The summed E-state index contributed by atoms with van der Waals surface area (Å²) in [6, 6.07) is 13.9. The van der Waals surface area contributed by atoms with E-state index in [1.165, 1.54) is 0 Å². The molecule has 0 aliphatic heterocycles. The Morgan fingerprint density at radius 1 is 0.778 bits per heavy atom. The van der Waals surface area contributed by atoms with Gasteiger partial charge in [0.15, 0.2) is 12.4 Å². The van der Waals surface area contributed by atoms with Crippen LogP contribution in [0.1, 0.15) is 69.3 Å². The number of rotatable bonds is 18. The van der Waals surface area contributed by atoms with Gasteiger partial charge in [0.1, 0.15) is 24.7 Å². The van der Waals surface area contributed by atoms with E-state index in [1.807, 2.05) is 26.8 Å². The molecule has 4 amide bonds. The maximum absolute atomic E-state index is 13.4. The predicted octanol–water partition coefficient (Wildman–Crippen LogP) is 3.03. The molecule has 0 heterocycles. The normalized spacial score (nSPS) is 13.4. The molecule has 45 heavy (non-hydrogen) atoms. The highest BCUT2D eigenvalue weighted by atomic mass is 16.5. The number of esters is 1. The minimum Gasteiger partial charge on any atom is -0.456 e. The third kappa shape index (κ3) is 13.2. The Bertz CT molecular complexity index is 1290. The van der Waals surface area contributed by atoms with Crippen LogP contribution < -0.4 is 21.7 Å². The number of nitrogens with two attached hydrogens (primary N) is 1. The van der Waals surface area contributed by atoms with Gasteiger partial charge in [0.25, 0.3) is 0 Å². The van der Waals surface area contributed by atoms with Crippen molar-refractivity contribution in [3.8, 4) is 0 Å². The van der Waals surface area contributed by atoms with Crippen molar-refractivity contribution in [3.63, 3.8) is 0 Å². The SMILES string of the molecule is CC[C@H](C)[C@H](NC(=O)OCc1ccccc1)C(=O)N[C@H](CCC(N)=O)C(=O)N[C@H](CC(C)C)C(=O)OCC(=O)c1ccccc1. The van der Waals surface area contributed by atoms with E-state index in [-0.39, 0.29) is 37.7 Å². The summed E-state index contributed by atoms with van der Waals surface area (Å²) in [5.41, 5.74) is 6.45. The van der Waals surface area contributed by atoms with Crippen LogP contribution in [0.3, 0.4) is 0 Å². The number of carbonyl (C=O) groups is 6. The van der Waals surface area contributed by atoms with Crippen LogP contribution in [-0.2, 0) is 35.3 Å². The lowest BCUT2D eigenvalue weighted by Crippen LogP contribution is -2.57. The number of alkyl carbamates (subject to hydrolysis) is 1. The molecule has 0 spiro atoms. The summed E-state index contributed by atoms with van der Waals surface area (Å²) in [7, 11) is 0. The van der Waals surface area contributed by atoms with Crippen LogP contribution in [0.15, 0.2) is 60.7 Å². The van der Waals surface area contributed by atoms with Crippen molar-refractivity contribution in [3.05, 3.63) is 71.8 Å². The quantitative estimate of drug-likeness (QED) is 0.144. The highest BCUT2D eigenvalue weighted by Crippen LogP contribution is 2.12. The largest absolute Gasteiger partial charge is 0.456 e. The molecule has 2 aromatic carbocycles. The smallest absolute Gasteiger partial charge is 0.408 e. The summed E-state index contributed by atoms with van der Waals surface area (Å²) in [5.74, 6) is -3.75. The Balaban J connectivity index is 2.13. The van der Waals surface area contributed by atoms with Gasteiger partial charge in [-0.3, -0.25) is 19.2 Å². The van der Waals surface area contributed by atoms with E-state index >= 15 is 0 Å². The molecule has 12 nitrogen and oxygen atoms in total. The number of nitrogens with one attached hydrogen (secondary N) is 3. The van der Waals surface area contributed by atoms with Gasteiger partial charge in [-0.2, -0.15) is 0 Å². The number of Topliss-reactive ketones (excluding diaryl/α,β-unsaturated/α-hetero) is 1. The summed E-state index contributed by atoms with van der Waals surface area (Å²) < 4.78 is 10.5. The number of ether oxygens (including phenoxy) is 2. The van der Waals surface area contributed by atoms with E-state index in [9.17, 15) is 28.8 Å². The average Bonchev–Trinajstić information content (AvgIpc) is 3.02. The number of carbonyl (C=O) groups excluding carboxylic acids is 6. The zero-order valence-corrected chi connectivity index (χ0v) is 26.2. The molecule has 2 aromatic rings. The molecule has 0 bridgehead atoms. The fraction of sp³-hybridized carbons (Fsp3) is 0.455. The molecule has 0 unspecified atom stereocenters. The molecule has 0 saturated heterocycles. The number of amides is 4. The standard InChI is InChI=1S/C33H44N4O8/c1-5-22(4)29(37-33(43)45-19-23-12-8-6-9-13-23)31(41)35-25(16-17-28(34)39)30(40)36-26(18-21(2)3)32(42)44-20-27(38)24-14-10-7-11-15-24/h6-15,21-22,25-26,29H,5,16-20H2,1-4H3,(H2,34,39)(H,35,41)(H,36,40)(H,37,43)/t22-,25+,26+,29-/m0/s1. The molecule has 12 heteroatoms. The second-order valence-electron chi connectivity index (χ2n) is 11.2.